The van der Waals surface area contributed by atoms with Crippen LogP contribution in [0, 0.1) is 0 Å². The Bertz CT molecular complexity index is 528. The van der Waals surface area contributed by atoms with Crippen LogP contribution in [-0.2, 0) is 6.54 Å². The zero-order chi connectivity index (χ0) is 13.0. The number of hydrogen-bond donors (Lipinski definition) is 1. The number of nitrogens with zero attached hydrogens (tertiary/aromatic N) is 2. The highest BCUT2D eigenvalue weighted by molar-refractivity contribution is 5.54. The van der Waals surface area contributed by atoms with Gasteiger partial charge >= 0.3 is 0 Å². The first-order valence-electron chi connectivity index (χ1n) is 5.76. The van der Waals surface area contributed by atoms with Gasteiger partial charge in [-0.2, -0.15) is 0 Å². The van der Waals surface area contributed by atoms with Crippen LogP contribution in [0.4, 0.5) is 11.5 Å². The average molecular weight is 243 g/mol. The van der Waals surface area contributed by atoms with Crippen LogP contribution in [0.25, 0.3) is 0 Å². The van der Waals surface area contributed by atoms with Crippen LogP contribution in [0.5, 0.6) is 5.75 Å². The Morgan fingerprint density at radius 1 is 1.22 bits per heavy atom. The first-order valence-corrected chi connectivity index (χ1v) is 5.76. The van der Waals surface area contributed by atoms with Crippen molar-refractivity contribution in [2.24, 2.45) is 0 Å². The van der Waals surface area contributed by atoms with Crippen LogP contribution >= 0.6 is 0 Å². The third-order valence-corrected chi connectivity index (χ3v) is 2.79. The van der Waals surface area contributed by atoms with Gasteiger partial charge in [0.05, 0.1) is 7.11 Å². The molecule has 0 spiro atoms. The molecule has 2 rings (SSSR count). The summed E-state index contributed by atoms with van der Waals surface area (Å²) in [5.74, 6) is 1.57. The number of anilines is 2. The maximum absolute atomic E-state index is 5.94. The van der Waals surface area contributed by atoms with E-state index in [1.54, 1.807) is 13.3 Å². The summed E-state index contributed by atoms with van der Waals surface area (Å²) in [5.41, 5.74) is 7.81. The molecule has 0 aliphatic carbocycles. The highest BCUT2D eigenvalue weighted by atomic mass is 16.5. The largest absolute Gasteiger partial charge is 0.493 e. The van der Waals surface area contributed by atoms with Crippen molar-refractivity contribution in [2.75, 3.05) is 24.8 Å². The summed E-state index contributed by atoms with van der Waals surface area (Å²) in [4.78, 5) is 6.35. The van der Waals surface area contributed by atoms with Crippen molar-refractivity contribution in [2.45, 2.75) is 6.54 Å². The van der Waals surface area contributed by atoms with Crippen molar-refractivity contribution < 1.29 is 4.74 Å². The molecule has 4 heteroatoms. The quantitative estimate of drug-likeness (QED) is 0.837. The van der Waals surface area contributed by atoms with Gasteiger partial charge in [-0.25, -0.2) is 4.98 Å². The van der Waals surface area contributed by atoms with Gasteiger partial charge in [-0.3, -0.25) is 0 Å². The van der Waals surface area contributed by atoms with Crippen LogP contribution in [0.1, 0.15) is 5.56 Å². The fraction of sp³-hybridized carbons (Fsp3) is 0.214. The predicted octanol–water partition coefficient (Wildman–Crippen LogP) is 2.31. The number of ether oxygens (including phenoxy) is 1. The van der Waals surface area contributed by atoms with E-state index in [4.69, 9.17) is 10.5 Å². The van der Waals surface area contributed by atoms with Crippen molar-refractivity contribution >= 4 is 11.5 Å². The summed E-state index contributed by atoms with van der Waals surface area (Å²) >= 11 is 0. The first-order chi connectivity index (χ1) is 8.72. The van der Waals surface area contributed by atoms with Gasteiger partial charge in [0.25, 0.3) is 0 Å². The lowest BCUT2D eigenvalue weighted by Gasteiger charge is -2.21. The summed E-state index contributed by atoms with van der Waals surface area (Å²) in [6.45, 7) is 0.694. The smallest absolute Gasteiger partial charge is 0.171 e. The molecular weight excluding hydrogens is 226 g/mol. The minimum Gasteiger partial charge on any atom is -0.493 e. The van der Waals surface area contributed by atoms with Gasteiger partial charge in [-0.15, -0.1) is 0 Å². The molecule has 94 valence electrons. The lowest BCUT2D eigenvalue weighted by molar-refractivity contribution is 0.413. The zero-order valence-corrected chi connectivity index (χ0v) is 10.6. The third kappa shape index (κ3) is 2.53. The van der Waals surface area contributed by atoms with Gasteiger partial charge in [0.2, 0.25) is 0 Å². The summed E-state index contributed by atoms with van der Waals surface area (Å²) < 4.78 is 5.30. The Morgan fingerprint density at radius 2 is 2.00 bits per heavy atom. The van der Waals surface area contributed by atoms with Crippen LogP contribution in [0.15, 0.2) is 42.6 Å². The highest BCUT2D eigenvalue weighted by Crippen LogP contribution is 2.25. The van der Waals surface area contributed by atoms with Gasteiger partial charge in [-0.1, -0.05) is 18.2 Å². The van der Waals surface area contributed by atoms with Gasteiger partial charge in [0.15, 0.2) is 11.6 Å². The SMILES string of the molecule is COc1cccnc1N(C)Cc1ccccc1N. The Labute approximate surface area is 107 Å². The molecule has 0 atom stereocenters. The second kappa shape index (κ2) is 5.40. The van der Waals surface area contributed by atoms with E-state index < -0.39 is 0 Å². The van der Waals surface area contributed by atoms with E-state index in [9.17, 15) is 0 Å². The summed E-state index contributed by atoms with van der Waals surface area (Å²) in [5, 5.41) is 0. The Kier molecular flexibility index (Phi) is 3.67. The van der Waals surface area contributed by atoms with Crippen LogP contribution in [0.2, 0.25) is 0 Å². The average Bonchev–Trinajstić information content (AvgIpc) is 2.41. The number of nitrogens with two attached hydrogens (primary N) is 1. The maximum atomic E-state index is 5.94. The van der Waals surface area contributed by atoms with Gasteiger partial charge < -0.3 is 15.4 Å². The van der Waals surface area contributed by atoms with E-state index in [2.05, 4.69) is 4.98 Å². The fourth-order valence-corrected chi connectivity index (χ4v) is 1.84. The van der Waals surface area contributed by atoms with Crippen LogP contribution in [-0.4, -0.2) is 19.1 Å². The molecule has 1 aromatic carbocycles. The number of para-hydroxylation sites is 1. The number of aromatic nitrogens is 1. The second-order valence-corrected chi connectivity index (χ2v) is 4.08. The molecule has 0 saturated carbocycles. The molecule has 2 aromatic rings. The summed E-state index contributed by atoms with van der Waals surface area (Å²) in [6.07, 6.45) is 1.75. The summed E-state index contributed by atoms with van der Waals surface area (Å²) in [6, 6.07) is 11.6. The Hall–Kier alpha value is -2.23. The molecule has 0 bridgehead atoms. The molecule has 0 aliphatic heterocycles. The predicted molar refractivity (Wildman–Crippen MR) is 73.8 cm³/mol. The molecule has 0 aliphatic rings. The number of nitrogen functional groups attached to an aromatic ring is 1. The van der Waals surface area contributed by atoms with E-state index in [-0.39, 0.29) is 0 Å². The standard InChI is InChI=1S/C14H17N3O/c1-17(10-11-6-3-4-7-12(11)15)14-13(18-2)8-5-9-16-14/h3-9H,10,15H2,1-2H3. The molecular formula is C14H17N3O. The summed E-state index contributed by atoms with van der Waals surface area (Å²) in [7, 11) is 3.61. The Morgan fingerprint density at radius 3 is 2.72 bits per heavy atom. The normalized spacial score (nSPS) is 10.1. The molecule has 0 unspecified atom stereocenters. The molecule has 4 nitrogen and oxygen atoms in total. The molecule has 0 fully saturated rings. The van der Waals surface area contributed by atoms with Gasteiger partial charge in [0.1, 0.15) is 0 Å². The number of hydrogen-bond acceptors (Lipinski definition) is 4. The van der Waals surface area contributed by atoms with E-state index in [0.29, 0.717) is 6.54 Å². The zero-order valence-electron chi connectivity index (χ0n) is 10.6. The third-order valence-electron chi connectivity index (χ3n) is 2.79. The lowest BCUT2D eigenvalue weighted by Crippen LogP contribution is -2.19. The van der Waals surface area contributed by atoms with Crippen LogP contribution in [0.3, 0.4) is 0 Å². The van der Waals surface area contributed by atoms with E-state index in [1.807, 2.05) is 48.3 Å². The number of pyridine rings is 1. The van der Waals surface area contributed by atoms with E-state index in [1.165, 1.54) is 0 Å². The topological polar surface area (TPSA) is 51.4 Å². The maximum Gasteiger partial charge on any atom is 0.171 e. The molecule has 0 amide bonds. The first kappa shape index (κ1) is 12.2. The van der Waals surface area contributed by atoms with Crippen molar-refractivity contribution in [1.29, 1.82) is 0 Å². The van der Waals surface area contributed by atoms with Gasteiger partial charge in [0, 0.05) is 25.5 Å². The lowest BCUT2D eigenvalue weighted by atomic mass is 10.1. The second-order valence-electron chi connectivity index (χ2n) is 4.08. The monoisotopic (exact) mass is 243 g/mol. The van der Waals surface area contributed by atoms with E-state index in [0.717, 1.165) is 22.8 Å². The van der Waals surface area contributed by atoms with Crippen LogP contribution < -0.4 is 15.4 Å². The van der Waals surface area contributed by atoms with Crippen molar-refractivity contribution in [3.63, 3.8) is 0 Å². The van der Waals surface area contributed by atoms with Crippen molar-refractivity contribution in [3.8, 4) is 5.75 Å². The highest BCUT2D eigenvalue weighted by Gasteiger charge is 2.10. The number of benzene rings is 1. The van der Waals surface area contributed by atoms with Gasteiger partial charge in [-0.05, 0) is 23.8 Å². The molecule has 18 heavy (non-hydrogen) atoms. The Balaban J connectivity index is 2.22. The number of methoxy groups -OCH3 is 1. The van der Waals surface area contributed by atoms with Crippen molar-refractivity contribution in [1.82, 2.24) is 4.98 Å². The molecule has 0 saturated heterocycles. The van der Waals surface area contributed by atoms with E-state index >= 15 is 0 Å². The molecule has 1 heterocycles. The molecule has 1 aromatic heterocycles. The number of rotatable bonds is 4. The fourth-order valence-electron chi connectivity index (χ4n) is 1.84. The van der Waals surface area contributed by atoms with Crippen molar-refractivity contribution in [3.05, 3.63) is 48.2 Å². The molecule has 2 N–H and O–H groups in total. The minimum atomic E-state index is 0.694. The minimum absolute atomic E-state index is 0.694. The molecule has 0 radical (unpaired) electrons.